The molecular formula is C14H13NO5. The van der Waals surface area contributed by atoms with Crippen LogP contribution in [0.15, 0.2) is 47.3 Å². The first kappa shape index (κ1) is 13.7. The zero-order chi connectivity index (χ0) is 14.4. The van der Waals surface area contributed by atoms with Crippen molar-refractivity contribution in [1.82, 2.24) is 0 Å². The largest absolute Gasteiger partial charge is 0.482 e. The molecule has 6 heteroatoms. The van der Waals surface area contributed by atoms with E-state index in [-0.39, 0.29) is 12.5 Å². The van der Waals surface area contributed by atoms with Gasteiger partial charge in [0.25, 0.3) is 5.91 Å². The number of furan rings is 1. The summed E-state index contributed by atoms with van der Waals surface area (Å²) in [7, 11) is 1.28. The van der Waals surface area contributed by atoms with Gasteiger partial charge in [-0.2, -0.15) is 0 Å². The Morgan fingerprint density at radius 1 is 1.30 bits per heavy atom. The Labute approximate surface area is 115 Å². The fraction of sp³-hybridized carbons (Fsp3) is 0.143. The quantitative estimate of drug-likeness (QED) is 0.845. The lowest BCUT2D eigenvalue weighted by Gasteiger charge is -2.07. The normalized spacial score (nSPS) is 9.85. The Kier molecular flexibility index (Phi) is 4.39. The standard InChI is InChI=1S/C14H13NO5/c1-18-13(16)9-20-12-4-2-3-11(7-12)15-14(17)10-5-6-19-8-10/h2-8H,9H2,1H3,(H,15,17). The molecule has 0 saturated heterocycles. The summed E-state index contributed by atoms with van der Waals surface area (Å²) in [6.07, 6.45) is 2.78. The van der Waals surface area contributed by atoms with Gasteiger partial charge in [0.1, 0.15) is 12.0 Å². The topological polar surface area (TPSA) is 77.8 Å². The number of benzene rings is 1. The van der Waals surface area contributed by atoms with Gasteiger partial charge in [-0.25, -0.2) is 4.79 Å². The zero-order valence-corrected chi connectivity index (χ0v) is 10.8. The van der Waals surface area contributed by atoms with Crippen LogP contribution in [-0.2, 0) is 9.53 Å². The molecule has 2 aromatic rings. The first-order valence-electron chi connectivity index (χ1n) is 5.82. The Bertz CT molecular complexity index is 591. The highest BCUT2D eigenvalue weighted by molar-refractivity contribution is 6.04. The molecule has 0 radical (unpaired) electrons. The van der Waals surface area contributed by atoms with Gasteiger partial charge in [-0.15, -0.1) is 0 Å². The Morgan fingerprint density at radius 3 is 2.85 bits per heavy atom. The summed E-state index contributed by atoms with van der Waals surface area (Å²) < 4.78 is 14.5. The first-order chi connectivity index (χ1) is 9.69. The van der Waals surface area contributed by atoms with Gasteiger partial charge in [-0.1, -0.05) is 6.07 Å². The number of amides is 1. The number of hydrogen-bond donors (Lipinski definition) is 1. The first-order valence-corrected chi connectivity index (χ1v) is 5.82. The van der Waals surface area contributed by atoms with Crippen molar-refractivity contribution in [2.24, 2.45) is 0 Å². The summed E-state index contributed by atoms with van der Waals surface area (Å²) >= 11 is 0. The number of ether oxygens (including phenoxy) is 2. The summed E-state index contributed by atoms with van der Waals surface area (Å²) in [5, 5.41) is 2.69. The van der Waals surface area contributed by atoms with Crippen LogP contribution in [0.1, 0.15) is 10.4 Å². The molecule has 1 N–H and O–H groups in total. The minimum atomic E-state index is -0.474. The van der Waals surface area contributed by atoms with Gasteiger partial charge in [-0.05, 0) is 18.2 Å². The maximum atomic E-state index is 11.8. The fourth-order valence-electron chi connectivity index (χ4n) is 1.46. The van der Waals surface area contributed by atoms with Crippen molar-refractivity contribution in [2.45, 2.75) is 0 Å². The predicted octanol–water partition coefficient (Wildman–Crippen LogP) is 2.08. The Hall–Kier alpha value is -2.76. The van der Waals surface area contributed by atoms with E-state index in [2.05, 4.69) is 10.1 Å². The van der Waals surface area contributed by atoms with Crippen LogP contribution in [0.5, 0.6) is 5.75 Å². The van der Waals surface area contributed by atoms with E-state index in [1.165, 1.54) is 19.6 Å². The number of carbonyl (C=O) groups is 2. The van der Waals surface area contributed by atoms with Crippen molar-refractivity contribution >= 4 is 17.6 Å². The number of esters is 1. The van der Waals surface area contributed by atoms with Crippen molar-refractivity contribution < 1.29 is 23.5 Å². The molecular weight excluding hydrogens is 262 g/mol. The van der Waals surface area contributed by atoms with Crippen LogP contribution in [0.3, 0.4) is 0 Å². The molecule has 6 nitrogen and oxygen atoms in total. The number of rotatable bonds is 5. The number of hydrogen-bond acceptors (Lipinski definition) is 5. The Morgan fingerprint density at radius 2 is 2.15 bits per heavy atom. The molecule has 0 unspecified atom stereocenters. The average Bonchev–Trinajstić information content (AvgIpc) is 2.99. The van der Waals surface area contributed by atoms with Gasteiger partial charge in [0.15, 0.2) is 6.61 Å². The molecule has 1 aromatic heterocycles. The molecule has 20 heavy (non-hydrogen) atoms. The van der Waals surface area contributed by atoms with Crippen LogP contribution < -0.4 is 10.1 Å². The summed E-state index contributed by atoms with van der Waals surface area (Å²) in [5.41, 5.74) is 0.976. The molecule has 0 spiro atoms. The van der Waals surface area contributed by atoms with Crippen LogP contribution in [0.2, 0.25) is 0 Å². The molecule has 0 fully saturated rings. The van der Waals surface area contributed by atoms with E-state index >= 15 is 0 Å². The maximum Gasteiger partial charge on any atom is 0.343 e. The smallest absolute Gasteiger partial charge is 0.343 e. The summed E-state index contributed by atoms with van der Waals surface area (Å²) in [5.74, 6) is -0.304. The minimum absolute atomic E-state index is 0.185. The predicted molar refractivity (Wildman–Crippen MR) is 70.6 cm³/mol. The fourth-order valence-corrected chi connectivity index (χ4v) is 1.46. The maximum absolute atomic E-state index is 11.8. The van der Waals surface area contributed by atoms with Crippen molar-refractivity contribution in [3.8, 4) is 5.75 Å². The molecule has 0 saturated carbocycles. The second-order valence-corrected chi connectivity index (χ2v) is 3.86. The van der Waals surface area contributed by atoms with Crippen molar-refractivity contribution in [1.29, 1.82) is 0 Å². The van der Waals surface area contributed by atoms with Crippen LogP contribution in [0.4, 0.5) is 5.69 Å². The second-order valence-electron chi connectivity index (χ2n) is 3.86. The highest BCUT2D eigenvalue weighted by atomic mass is 16.6. The lowest BCUT2D eigenvalue weighted by molar-refractivity contribution is -0.142. The van der Waals surface area contributed by atoms with E-state index in [4.69, 9.17) is 9.15 Å². The highest BCUT2D eigenvalue weighted by Crippen LogP contribution is 2.18. The summed E-state index contributed by atoms with van der Waals surface area (Å²) in [6, 6.07) is 8.27. The number of methoxy groups -OCH3 is 1. The molecule has 0 aliphatic carbocycles. The van der Waals surface area contributed by atoms with E-state index in [1.54, 1.807) is 30.3 Å². The third kappa shape index (κ3) is 3.61. The number of anilines is 1. The minimum Gasteiger partial charge on any atom is -0.482 e. The monoisotopic (exact) mass is 275 g/mol. The van der Waals surface area contributed by atoms with Crippen molar-refractivity contribution in [2.75, 3.05) is 19.0 Å². The van der Waals surface area contributed by atoms with Gasteiger partial charge in [0.05, 0.1) is 18.9 Å². The zero-order valence-electron chi connectivity index (χ0n) is 10.8. The van der Waals surface area contributed by atoms with Crippen LogP contribution in [-0.4, -0.2) is 25.6 Å². The van der Waals surface area contributed by atoms with Gasteiger partial charge in [-0.3, -0.25) is 4.79 Å². The van der Waals surface area contributed by atoms with Crippen LogP contribution >= 0.6 is 0 Å². The Balaban J connectivity index is 1.99. The molecule has 0 atom stereocenters. The third-order valence-corrected chi connectivity index (χ3v) is 2.46. The van der Waals surface area contributed by atoms with E-state index in [1.807, 2.05) is 0 Å². The number of nitrogens with one attached hydrogen (secondary N) is 1. The molecule has 0 bridgehead atoms. The molecule has 0 aliphatic heterocycles. The summed E-state index contributed by atoms with van der Waals surface area (Å²) in [4.78, 5) is 22.8. The number of carbonyl (C=O) groups excluding carboxylic acids is 2. The summed E-state index contributed by atoms with van der Waals surface area (Å²) in [6.45, 7) is -0.185. The molecule has 1 heterocycles. The molecule has 0 aliphatic rings. The van der Waals surface area contributed by atoms with E-state index < -0.39 is 5.97 Å². The second kappa shape index (κ2) is 6.42. The molecule has 104 valence electrons. The molecule has 2 rings (SSSR count). The van der Waals surface area contributed by atoms with Crippen LogP contribution in [0, 0.1) is 0 Å². The van der Waals surface area contributed by atoms with Crippen molar-refractivity contribution in [3.05, 3.63) is 48.4 Å². The van der Waals surface area contributed by atoms with E-state index in [0.717, 1.165) is 0 Å². The van der Waals surface area contributed by atoms with Gasteiger partial charge in [0, 0.05) is 11.8 Å². The molecule has 1 aromatic carbocycles. The third-order valence-electron chi connectivity index (χ3n) is 2.46. The van der Waals surface area contributed by atoms with E-state index in [0.29, 0.717) is 17.0 Å². The lowest BCUT2D eigenvalue weighted by atomic mass is 10.2. The van der Waals surface area contributed by atoms with Crippen molar-refractivity contribution in [3.63, 3.8) is 0 Å². The lowest BCUT2D eigenvalue weighted by Crippen LogP contribution is -2.13. The van der Waals surface area contributed by atoms with Crippen LogP contribution in [0.25, 0.3) is 0 Å². The van der Waals surface area contributed by atoms with Gasteiger partial charge in [0.2, 0.25) is 0 Å². The van der Waals surface area contributed by atoms with Gasteiger partial charge >= 0.3 is 5.97 Å². The van der Waals surface area contributed by atoms with E-state index in [9.17, 15) is 9.59 Å². The highest BCUT2D eigenvalue weighted by Gasteiger charge is 2.08. The SMILES string of the molecule is COC(=O)COc1cccc(NC(=O)c2ccoc2)c1. The average molecular weight is 275 g/mol. The molecule has 1 amide bonds. The van der Waals surface area contributed by atoms with Gasteiger partial charge < -0.3 is 19.2 Å².